The standard InChI is InChI=1S/C16H23N3O/c1-3-14-16(19-8-4-5-11(2)10-19)18-13-7-6-12(17)9-15(13)20-14/h6-7,9,11,14H,3-5,8,10,17H2,1-2H3. The van der Waals surface area contributed by atoms with E-state index >= 15 is 0 Å². The molecule has 0 radical (unpaired) electrons. The molecule has 20 heavy (non-hydrogen) atoms. The van der Waals surface area contributed by atoms with Crippen molar-refractivity contribution in [2.24, 2.45) is 10.9 Å². The van der Waals surface area contributed by atoms with Gasteiger partial charge < -0.3 is 15.4 Å². The minimum atomic E-state index is 0.0506. The van der Waals surface area contributed by atoms with Crippen LogP contribution in [-0.4, -0.2) is 29.9 Å². The number of nitrogens with zero attached hydrogens (tertiary/aromatic N) is 2. The van der Waals surface area contributed by atoms with Gasteiger partial charge in [0.05, 0.1) is 0 Å². The number of amidine groups is 1. The fourth-order valence-electron chi connectivity index (χ4n) is 3.06. The third kappa shape index (κ3) is 2.47. The van der Waals surface area contributed by atoms with Gasteiger partial charge in [0, 0.05) is 24.8 Å². The van der Waals surface area contributed by atoms with Crippen molar-refractivity contribution in [3.05, 3.63) is 18.2 Å². The van der Waals surface area contributed by atoms with Crippen LogP contribution in [0.25, 0.3) is 0 Å². The van der Waals surface area contributed by atoms with Crippen molar-refractivity contribution in [2.45, 2.75) is 39.2 Å². The largest absolute Gasteiger partial charge is 0.480 e. The van der Waals surface area contributed by atoms with Gasteiger partial charge in [-0.05, 0) is 37.3 Å². The number of anilines is 1. The van der Waals surface area contributed by atoms with Crippen LogP contribution in [0.5, 0.6) is 5.75 Å². The van der Waals surface area contributed by atoms with Crippen LogP contribution in [-0.2, 0) is 0 Å². The number of fused-ring (bicyclic) bond motifs is 1. The summed E-state index contributed by atoms with van der Waals surface area (Å²) in [5, 5.41) is 0. The summed E-state index contributed by atoms with van der Waals surface area (Å²) in [6, 6.07) is 5.70. The van der Waals surface area contributed by atoms with Crippen molar-refractivity contribution in [3.8, 4) is 5.75 Å². The lowest BCUT2D eigenvalue weighted by molar-refractivity contribution is 0.207. The molecule has 4 nitrogen and oxygen atoms in total. The molecule has 0 saturated carbocycles. The van der Waals surface area contributed by atoms with Crippen LogP contribution in [0.4, 0.5) is 11.4 Å². The Morgan fingerprint density at radius 3 is 3.05 bits per heavy atom. The van der Waals surface area contributed by atoms with Crippen molar-refractivity contribution in [1.29, 1.82) is 0 Å². The topological polar surface area (TPSA) is 50.9 Å². The highest BCUT2D eigenvalue weighted by molar-refractivity contribution is 5.91. The molecule has 0 spiro atoms. The van der Waals surface area contributed by atoms with Gasteiger partial charge in [0.1, 0.15) is 17.3 Å². The molecule has 0 bridgehead atoms. The molecule has 2 aliphatic rings. The first-order valence-electron chi connectivity index (χ1n) is 7.57. The monoisotopic (exact) mass is 273 g/mol. The Balaban J connectivity index is 1.93. The Morgan fingerprint density at radius 2 is 2.30 bits per heavy atom. The summed E-state index contributed by atoms with van der Waals surface area (Å²) < 4.78 is 6.11. The van der Waals surface area contributed by atoms with Gasteiger partial charge in [-0.25, -0.2) is 4.99 Å². The normalized spacial score (nSPS) is 25.7. The van der Waals surface area contributed by atoms with Crippen LogP contribution in [0.15, 0.2) is 23.2 Å². The van der Waals surface area contributed by atoms with Gasteiger partial charge in [0.25, 0.3) is 0 Å². The number of aliphatic imine (C=N–C) groups is 1. The minimum absolute atomic E-state index is 0.0506. The van der Waals surface area contributed by atoms with E-state index < -0.39 is 0 Å². The number of ether oxygens (including phenoxy) is 1. The van der Waals surface area contributed by atoms with Gasteiger partial charge >= 0.3 is 0 Å². The molecule has 0 aromatic heterocycles. The third-order valence-corrected chi connectivity index (χ3v) is 4.13. The van der Waals surface area contributed by atoms with Gasteiger partial charge in [0.2, 0.25) is 0 Å². The third-order valence-electron chi connectivity index (χ3n) is 4.13. The summed E-state index contributed by atoms with van der Waals surface area (Å²) in [6.45, 7) is 6.63. The minimum Gasteiger partial charge on any atom is -0.480 e. The molecule has 108 valence electrons. The summed E-state index contributed by atoms with van der Waals surface area (Å²) in [7, 11) is 0. The van der Waals surface area contributed by atoms with Crippen LogP contribution in [0.3, 0.4) is 0 Å². The van der Waals surface area contributed by atoms with Gasteiger partial charge in [-0.3, -0.25) is 0 Å². The number of likely N-dealkylation sites (tertiary alicyclic amines) is 1. The average Bonchev–Trinajstić information content (AvgIpc) is 2.45. The van der Waals surface area contributed by atoms with E-state index in [-0.39, 0.29) is 6.10 Å². The van der Waals surface area contributed by atoms with Crippen LogP contribution in [0.2, 0.25) is 0 Å². The zero-order valence-electron chi connectivity index (χ0n) is 12.3. The molecule has 4 heteroatoms. The fraction of sp³-hybridized carbons (Fsp3) is 0.562. The number of rotatable bonds is 1. The van der Waals surface area contributed by atoms with Gasteiger partial charge in [0.15, 0.2) is 6.10 Å². The van der Waals surface area contributed by atoms with Crippen molar-refractivity contribution >= 4 is 17.2 Å². The first-order chi connectivity index (χ1) is 9.67. The second kappa shape index (κ2) is 5.35. The molecule has 0 aliphatic carbocycles. The lowest BCUT2D eigenvalue weighted by Gasteiger charge is -2.38. The summed E-state index contributed by atoms with van der Waals surface area (Å²) >= 11 is 0. The molecule has 3 rings (SSSR count). The molecule has 2 heterocycles. The van der Waals surface area contributed by atoms with Crippen molar-refractivity contribution < 1.29 is 4.74 Å². The van der Waals surface area contributed by atoms with E-state index in [1.54, 1.807) is 0 Å². The van der Waals surface area contributed by atoms with Crippen molar-refractivity contribution in [1.82, 2.24) is 4.90 Å². The quantitative estimate of drug-likeness (QED) is 0.799. The predicted octanol–water partition coefficient (Wildman–Crippen LogP) is 3.20. The number of benzene rings is 1. The summed E-state index contributed by atoms with van der Waals surface area (Å²) in [6.07, 6.45) is 3.53. The molecule has 2 atom stereocenters. The first-order valence-corrected chi connectivity index (χ1v) is 7.57. The zero-order valence-corrected chi connectivity index (χ0v) is 12.3. The van der Waals surface area contributed by atoms with Crippen molar-refractivity contribution in [3.63, 3.8) is 0 Å². The molecular formula is C16H23N3O. The van der Waals surface area contributed by atoms with Crippen LogP contribution in [0.1, 0.15) is 33.1 Å². The van der Waals surface area contributed by atoms with Gasteiger partial charge in [-0.2, -0.15) is 0 Å². The maximum absolute atomic E-state index is 6.11. The van der Waals surface area contributed by atoms with E-state index in [9.17, 15) is 0 Å². The molecule has 2 N–H and O–H groups in total. The highest BCUT2D eigenvalue weighted by Crippen LogP contribution is 2.36. The Bertz CT molecular complexity index is 526. The van der Waals surface area contributed by atoms with Crippen molar-refractivity contribution in [2.75, 3.05) is 18.8 Å². The van der Waals surface area contributed by atoms with E-state index in [1.165, 1.54) is 12.8 Å². The van der Waals surface area contributed by atoms with Gasteiger partial charge in [-0.15, -0.1) is 0 Å². The van der Waals surface area contributed by atoms with E-state index in [4.69, 9.17) is 15.5 Å². The van der Waals surface area contributed by atoms with Crippen LogP contribution in [0, 0.1) is 5.92 Å². The molecule has 2 unspecified atom stereocenters. The first kappa shape index (κ1) is 13.3. The van der Waals surface area contributed by atoms with E-state index in [2.05, 4.69) is 18.7 Å². The summed E-state index contributed by atoms with van der Waals surface area (Å²) in [4.78, 5) is 7.26. The number of nitrogens with two attached hydrogens (primary N) is 1. The van der Waals surface area contributed by atoms with Crippen LogP contribution >= 0.6 is 0 Å². The average molecular weight is 273 g/mol. The number of nitrogen functional groups attached to an aromatic ring is 1. The second-order valence-electron chi connectivity index (χ2n) is 5.91. The maximum atomic E-state index is 6.11. The second-order valence-corrected chi connectivity index (χ2v) is 5.91. The maximum Gasteiger partial charge on any atom is 0.156 e. The Kier molecular flexibility index (Phi) is 3.55. The SMILES string of the molecule is CCC1Oc2cc(N)ccc2N=C1N1CCCC(C)C1. The molecule has 0 amide bonds. The predicted molar refractivity (Wildman–Crippen MR) is 82.6 cm³/mol. The lowest BCUT2D eigenvalue weighted by Crippen LogP contribution is -2.47. The molecule has 1 saturated heterocycles. The lowest BCUT2D eigenvalue weighted by atomic mass is 9.99. The number of piperidine rings is 1. The summed E-state index contributed by atoms with van der Waals surface area (Å²) in [5.41, 5.74) is 7.45. The smallest absolute Gasteiger partial charge is 0.156 e. The van der Waals surface area contributed by atoms with E-state index in [1.807, 2.05) is 18.2 Å². The number of hydrogen-bond donors (Lipinski definition) is 1. The van der Waals surface area contributed by atoms with Gasteiger partial charge in [-0.1, -0.05) is 13.8 Å². The molecule has 1 fully saturated rings. The summed E-state index contributed by atoms with van der Waals surface area (Å²) in [5.74, 6) is 2.64. The Hall–Kier alpha value is -1.71. The zero-order chi connectivity index (χ0) is 14.1. The van der Waals surface area contributed by atoms with E-state index in [0.29, 0.717) is 0 Å². The molecule has 1 aromatic carbocycles. The molecule has 1 aromatic rings. The Morgan fingerprint density at radius 1 is 1.45 bits per heavy atom. The Labute approximate surface area is 120 Å². The van der Waals surface area contributed by atoms with E-state index in [0.717, 1.165) is 48.4 Å². The molecule has 2 aliphatic heterocycles. The fourth-order valence-corrected chi connectivity index (χ4v) is 3.06. The highest BCUT2D eigenvalue weighted by Gasteiger charge is 2.29. The highest BCUT2D eigenvalue weighted by atomic mass is 16.5. The van der Waals surface area contributed by atoms with Crippen LogP contribution < -0.4 is 10.5 Å². The molecular weight excluding hydrogens is 250 g/mol. The number of hydrogen-bond acceptors (Lipinski definition) is 4.